The number of anilines is 1. The fourth-order valence-corrected chi connectivity index (χ4v) is 4.87. The summed E-state index contributed by atoms with van der Waals surface area (Å²) >= 11 is 12.7. The lowest BCUT2D eigenvalue weighted by molar-refractivity contribution is -0.132. The van der Waals surface area contributed by atoms with Crippen LogP contribution in [-0.4, -0.2) is 36.1 Å². The predicted octanol–water partition coefficient (Wildman–Crippen LogP) is 5.65. The van der Waals surface area contributed by atoms with E-state index in [2.05, 4.69) is 0 Å². The van der Waals surface area contributed by atoms with Crippen LogP contribution in [0.25, 0.3) is 5.76 Å². The number of hydrogen-bond acceptors (Lipinski definition) is 6. The molecule has 35 heavy (non-hydrogen) atoms. The van der Waals surface area contributed by atoms with Gasteiger partial charge in [0.15, 0.2) is 11.5 Å². The molecule has 1 fully saturated rings. The second-order valence-electron chi connectivity index (χ2n) is 7.83. The Balaban J connectivity index is 2.03. The Kier molecular flexibility index (Phi) is 6.65. The molecule has 1 amide bonds. The first-order valence-corrected chi connectivity index (χ1v) is 11.2. The summed E-state index contributed by atoms with van der Waals surface area (Å²) in [5, 5.41) is 21.3. The van der Waals surface area contributed by atoms with E-state index < -0.39 is 23.5 Å². The van der Waals surface area contributed by atoms with Crippen LogP contribution in [0.2, 0.25) is 10.0 Å². The van der Waals surface area contributed by atoms with E-state index in [9.17, 15) is 19.8 Å². The molecule has 0 bridgehead atoms. The number of methoxy groups -OCH3 is 2. The fourth-order valence-electron chi connectivity index (χ4n) is 4.18. The first kappa shape index (κ1) is 24.4. The summed E-state index contributed by atoms with van der Waals surface area (Å²) < 4.78 is 10.6. The summed E-state index contributed by atoms with van der Waals surface area (Å²) in [4.78, 5) is 28.0. The first-order chi connectivity index (χ1) is 16.7. The molecule has 7 nitrogen and oxygen atoms in total. The van der Waals surface area contributed by atoms with Crippen LogP contribution in [0.5, 0.6) is 17.2 Å². The highest BCUT2D eigenvalue weighted by Crippen LogP contribution is 2.48. The minimum atomic E-state index is -0.999. The lowest BCUT2D eigenvalue weighted by Crippen LogP contribution is -2.30. The van der Waals surface area contributed by atoms with Crippen molar-refractivity contribution in [2.75, 3.05) is 19.1 Å². The fraction of sp³-hybridized carbons (Fsp3) is 0.154. The van der Waals surface area contributed by atoms with Crippen molar-refractivity contribution in [2.45, 2.75) is 13.0 Å². The minimum absolute atomic E-state index is 0.00151. The number of phenols is 1. The van der Waals surface area contributed by atoms with E-state index >= 15 is 0 Å². The summed E-state index contributed by atoms with van der Waals surface area (Å²) in [7, 11) is 2.72. The molecule has 1 atom stereocenters. The molecule has 0 spiro atoms. The van der Waals surface area contributed by atoms with Gasteiger partial charge in [-0.2, -0.15) is 0 Å². The Morgan fingerprint density at radius 3 is 2.20 bits per heavy atom. The SMILES string of the molecule is COc1c(Cl)cc(/C(O)=C2\C(=O)C(=O)N(c3ccccc3C)C2c2ccc(O)cc2)c(OC)c1Cl. The second-order valence-corrected chi connectivity index (χ2v) is 8.62. The molecular weight excluding hydrogens is 493 g/mol. The van der Waals surface area contributed by atoms with Gasteiger partial charge in [-0.05, 0) is 42.3 Å². The maximum atomic E-state index is 13.4. The summed E-state index contributed by atoms with van der Waals surface area (Å²) in [5.74, 6) is -2.05. The molecule has 0 aliphatic carbocycles. The van der Waals surface area contributed by atoms with Gasteiger partial charge in [-0.15, -0.1) is 0 Å². The number of rotatable bonds is 5. The summed E-state index contributed by atoms with van der Waals surface area (Å²) in [6.45, 7) is 1.81. The second kappa shape index (κ2) is 9.52. The zero-order valence-corrected chi connectivity index (χ0v) is 20.5. The number of nitrogens with zero attached hydrogens (tertiary/aromatic N) is 1. The normalized spacial score (nSPS) is 17.1. The average Bonchev–Trinajstić information content (AvgIpc) is 3.09. The molecule has 9 heteroatoms. The number of aromatic hydroxyl groups is 1. The van der Waals surface area contributed by atoms with Crippen molar-refractivity contribution in [2.24, 2.45) is 0 Å². The predicted molar refractivity (Wildman–Crippen MR) is 134 cm³/mol. The lowest BCUT2D eigenvalue weighted by Gasteiger charge is -2.27. The highest BCUT2D eigenvalue weighted by Gasteiger charge is 2.47. The number of aliphatic hydroxyl groups is 1. The monoisotopic (exact) mass is 513 g/mol. The van der Waals surface area contributed by atoms with Crippen LogP contribution >= 0.6 is 23.2 Å². The standard InChI is InChI=1S/C26H21Cl2NO6/c1-13-6-4-5-7-18(13)29-21(14-8-10-15(30)11-9-14)19(23(32)26(29)33)22(31)16-12-17(27)25(35-3)20(28)24(16)34-2/h4-12,21,30-31H,1-3H3/b22-19+. The summed E-state index contributed by atoms with van der Waals surface area (Å²) in [6.07, 6.45) is 0. The molecule has 4 rings (SSSR count). The number of hydrogen-bond donors (Lipinski definition) is 2. The number of ether oxygens (including phenoxy) is 2. The van der Waals surface area contributed by atoms with Gasteiger partial charge < -0.3 is 19.7 Å². The third-order valence-corrected chi connectivity index (χ3v) is 6.45. The first-order valence-electron chi connectivity index (χ1n) is 10.5. The molecular formula is C26H21Cl2NO6. The molecule has 1 aliphatic heterocycles. The molecule has 3 aromatic rings. The maximum absolute atomic E-state index is 13.4. The van der Waals surface area contributed by atoms with Crippen molar-refractivity contribution in [3.05, 3.63) is 86.9 Å². The molecule has 0 radical (unpaired) electrons. The molecule has 1 heterocycles. The minimum Gasteiger partial charge on any atom is -0.508 e. The van der Waals surface area contributed by atoms with Crippen LogP contribution in [0, 0.1) is 6.92 Å². The number of carbonyl (C=O) groups is 2. The Bertz CT molecular complexity index is 1370. The number of benzene rings is 3. The molecule has 3 aromatic carbocycles. The van der Waals surface area contributed by atoms with E-state index in [0.29, 0.717) is 11.3 Å². The highest BCUT2D eigenvalue weighted by molar-refractivity contribution is 6.52. The highest BCUT2D eigenvalue weighted by atomic mass is 35.5. The Hall–Kier alpha value is -3.68. The van der Waals surface area contributed by atoms with Gasteiger partial charge in [0.05, 0.1) is 36.4 Å². The average molecular weight is 514 g/mol. The number of aryl methyl sites for hydroxylation is 1. The molecule has 1 aliphatic rings. The molecule has 1 saturated heterocycles. The van der Waals surface area contributed by atoms with E-state index in [-0.39, 0.29) is 38.4 Å². The van der Waals surface area contributed by atoms with Gasteiger partial charge in [0, 0.05) is 5.69 Å². The van der Waals surface area contributed by atoms with Crippen molar-refractivity contribution >= 4 is 46.3 Å². The van der Waals surface area contributed by atoms with Crippen molar-refractivity contribution < 1.29 is 29.3 Å². The smallest absolute Gasteiger partial charge is 0.300 e. The van der Waals surface area contributed by atoms with Gasteiger partial charge in [-0.3, -0.25) is 14.5 Å². The van der Waals surface area contributed by atoms with Gasteiger partial charge in [0.2, 0.25) is 0 Å². The molecule has 0 saturated carbocycles. The number of ketones is 1. The van der Waals surface area contributed by atoms with E-state index in [1.165, 1.54) is 37.3 Å². The zero-order valence-electron chi connectivity index (χ0n) is 19.0. The number of Topliss-reactive ketones (excluding diaryl/α,β-unsaturated/α-hetero) is 1. The zero-order chi connectivity index (χ0) is 25.4. The van der Waals surface area contributed by atoms with Crippen LogP contribution in [0.4, 0.5) is 5.69 Å². The van der Waals surface area contributed by atoms with E-state index in [1.807, 2.05) is 19.1 Å². The van der Waals surface area contributed by atoms with Gasteiger partial charge in [0.1, 0.15) is 16.5 Å². The van der Waals surface area contributed by atoms with Gasteiger partial charge in [0.25, 0.3) is 11.7 Å². The molecule has 1 unspecified atom stereocenters. The number of halogens is 2. The van der Waals surface area contributed by atoms with Crippen LogP contribution in [0.3, 0.4) is 0 Å². The Labute approximate surface area is 211 Å². The number of para-hydroxylation sites is 1. The summed E-state index contributed by atoms with van der Waals surface area (Å²) in [5.41, 5.74) is 1.60. The van der Waals surface area contributed by atoms with Crippen molar-refractivity contribution in [3.63, 3.8) is 0 Å². The van der Waals surface area contributed by atoms with E-state index in [0.717, 1.165) is 5.56 Å². The van der Waals surface area contributed by atoms with Gasteiger partial charge in [-0.25, -0.2) is 0 Å². The van der Waals surface area contributed by atoms with E-state index in [4.69, 9.17) is 32.7 Å². The van der Waals surface area contributed by atoms with Crippen LogP contribution in [-0.2, 0) is 9.59 Å². The van der Waals surface area contributed by atoms with Gasteiger partial charge in [-0.1, -0.05) is 53.5 Å². The van der Waals surface area contributed by atoms with Crippen LogP contribution in [0.1, 0.15) is 22.7 Å². The summed E-state index contributed by atoms with van der Waals surface area (Å²) in [6, 6.07) is 13.5. The third-order valence-electron chi connectivity index (χ3n) is 5.82. The molecule has 2 N–H and O–H groups in total. The quantitative estimate of drug-likeness (QED) is 0.260. The number of amides is 1. The topological polar surface area (TPSA) is 96.3 Å². The van der Waals surface area contributed by atoms with Gasteiger partial charge >= 0.3 is 0 Å². The number of aliphatic hydroxyl groups excluding tert-OH is 1. The largest absolute Gasteiger partial charge is 0.508 e. The van der Waals surface area contributed by atoms with Crippen LogP contribution < -0.4 is 14.4 Å². The maximum Gasteiger partial charge on any atom is 0.300 e. The molecule has 180 valence electrons. The van der Waals surface area contributed by atoms with Crippen LogP contribution in [0.15, 0.2) is 60.2 Å². The lowest BCUT2D eigenvalue weighted by atomic mass is 9.94. The van der Waals surface area contributed by atoms with Crippen molar-refractivity contribution in [3.8, 4) is 17.2 Å². The third kappa shape index (κ3) is 4.07. The Morgan fingerprint density at radius 2 is 1.60 bits per heavy atom. The van der Waals surface area contributed by atoms with E-state index in [1.54, 1.807) is 24.3 Å². The van der Waals surface area contributed by atoms with Crippen molar-refractivity contribution in [1.29, 1.82) is 0 Å². The number of phenolic OH excluding ortho intramolecular Hbond substituents is 1. The molecule has 0 aromatic heterocycles. The Morgan fingerprint density at radius 1 is 0.971 bits per heavy atom. The number of carbonyl (C=O) groups excluding carboxylic acids is 2. The van der Waals surface area contributed by atoms with Crippen molar-refractivity contribution in [1.82, 2.24) is 0 Å².